The number of carbonyl (C=O) groups excluding carboxylic acids is 1. The van der Waals surface area contributed by atoms with Crippen molar-refractivity contribution in [3.8, 4) is 0 Å². The summed E-state index contributed by atoms with van der Waals surface area (Å²) in [7, 11) is 0. The van der Waals surface area contributed by atoms with Crippen LogP contribution >= 0.6 is 0 Å². The predicted molar refractivity (Wildman–Crippen MR) is 79.5 cm³/mol. The molecule has 1 N–H and O–H groups in total. The number of rotatable bonds is 8. The molecule has 0 aliphatic heterocycles. The summed E-state index contributed by atoms with van der Waals surface area (Å²) in [6, 6.07) is 0. The van der Waals surface area contributed by atoms with E-state index in [-0.39, 0.29) is 36.0 Å². The van der Waals surface area contributed by atoms with Gasteiger partial charge in [0.05, 0.1) is 5.57 Å². The first-order chi connectivity index (χ1) is 10.1. The van der Waals surface area contributed by atoms with E-state index in [0.717, 1.165) is 13.3 Å². The molecule has 0 aliphatic carbocycles. The molecule has 23 heavy (non-hydrogen) atoms. The van der Waals surface area contributed by atoms with Crippen LogP contribution in [0.2, 0.25) is 0 Å². The van der Waals surface area contributed by atoms with Gasteiger partial charge < -0.3 is 15.0 Å². The van der Waals surface area contributed by atoms with E-state index in [4.69, 9.17) is 5.11 Å². The van der Waals surface area contributed by atoms with E-state index in [2.05, 4.69) is 0 Å². The fourth-order valence-electron chi connectivity index (χ4n) is 1.71. The number of halogens is 2. The van der Waals surface area contributed by atoms with Gasteiger partial charge in [0.1, 0.15) is 0 Å². The summed E-state index contributed by atoms with van der Waals surface area (Å²) in [6.45, 7) is 6.18. The summed E-state index contributed by atoms with van der Waals surface area (Å²) in [4.78, 5) is 20.7. The number of aliphatic carboxylic acids is 2. The van der Waals surface area contributed by atoms with Crippen LogP contribution in [-0.4, -0.2) is 23.0 Å². The van der Waals surface area contributed by atoms with Crippen molar-refractivity contribution in [3.05, 3.63) is 23.8 Å². The molecule has 0 spiro atoms. The van der Waals surface area contributed by atoms with Crippen LogP contribution < -0.4 is 34.7 Å². The second kappa shape index (κ2) is 14.8. The first-order valence-electron chi connectivity index (χ1n) is 7.23. The van der Waals surface area contributed by atoms with Crippen LogP contribution in [0.5, 0.6) is 0 Å². The van der Waals surface area contributed by atoms with Crippen molar-refractivity contribution < 1.29 is 58.1 Å². The van der Waals surface area contributed by atoms with Gasteiger partial charge >= 0.3 is 35.5 Å². The molecule has 128 valence electrons. The monoisotopic (exact) mass is 342 g/mol. The molecule has 1 atom stereocenters. The Balaban J connectivity index is -0.000000338. The van der Waals surface area contributed by atoms with E-state index >= 15 is 0 Å². The molecule has 0 aromatic carbocycles. The molecule has 0 bridgehead atoms. The fraction of sp³-hybridized carbons (Fsp3) is 0.625. The quantitative estimate of drug-likeness (QED) is 0.388. The molecule has 4 nitrogen and oxygen atoms in total. The topological polar surface area (TPSA) is 77.4 Å². The Morgan fingerprint density at radius 2 is 1.83 bits per heavy atom. The molecule has 0 saturated carbocycles. The van der Waals surface area contributed by atoms with Gasteiger partial charge in [0.2, 0.25) is 5.92 Å². The third-order valence-electron chi connectivity index (χ3n) is 2.59. The zero-order valence-corrected chi connectivity index (χ0v) is 16.6. The Hall–Kier alpha value is -0.720. The molecule has 0 heterocycles. The van der Waals surface area contributed by atoms with Gasteiger partial charge in [-0.1, -0.05) is 38.5 Å². The van der Waals surface area contributed by atoms with Crippen molar-refractivity contribution in [1.29, 1.82) is 0 Å². The number of hydrogen-bond acceptors (Lipinski definition) is 3. The second-order valence-corrected chi connectivity index (χ2v) is 4.95. The molecule has 7 heteroatoms. The van der Waals surface area contributed by atoms with Crippen LogP contribution in [0.4, 0.5) is 8.78 Å². The maximum atomic E-state index is 12.4. The second-order valence-electron chi connectivity index (χ2n) is 4.95. The van der Waals surface area contributed by atoms with Crippen LogP contribution in [0.25, 0.3) is 0 Å². The van der Waals surface area contributed by atoms with Crippen molar-refractivity contribution in [2.24, 2.45) is 5.92 Å². The van der Waals surface area contributed by atoms with Gasteiger partial charge in [-0.2, -0.15) is 0 Å². The minimum Gasteiger partial charge on any atom is -0.550 e. The van der Waals surface area contributed by atoms with Crippen LogP contribution in [0.1, 0.15) is 53.4 Å². The van der Waals surface area contributed by atoms with E-state index in [0.29, 0.717) is 12.0 Å². The van der Waals surface area contributed by atoms with Gasteiger partial charge in [-0.15, -0.1) is 0 Å². The Morgan fingerprint density at radius 1 is 1.30 bits per heavy atom. The zero-order valence-electron chi connectivity index (χ0n) is 14.6. The average Bonchev–Trinajstić information content (AvgIpc) is 2.37. The van der Waals surface area contributed by atoms with E-state index in [1.165, 1.54) is 0 Å². The van der Waals surface area contributed by atoms with Crippen molar-refractivity contribution >= 4 is 11.9 Å². The smallest absolute Gasteiger partial charge is 0.550 e. The Morgan fingerprint density at radius 3 is 2.09 bits per heavy atom. The molecular weight excluding hydrogens is 317 g/mol. The minimum absolute atomic E-state index is 0. The molecule has 0 rings (SSSR count). The molecule has 0 aliphatic rings. The first kappa shape index (κ1) is 27.1. The van der Waals surface area contributed by atoms with E-state index in [1.54, 1.807) is 32.1 Å². The average molecular weight is 342 g/mol. The molecule has 0 aromatic heterocycles. The Bertz CT molecular complexity index is 401. The number of hydrogen-bond donors (Lipinski definition) is 1. The first-order valence-corrected chi connectivity index (χ1v) is 7.23. The summed E-state index contributed by atoms with van der Waals surface area (Å²) >= 11 is 0. The van der Waals surface area contributed by atoms with E-state index in [9.17, 15) is 23.5 Å². The van der Waals surface area contributed by atoms with Crippen LogP contribution in [0.15, 0.2) is 23.8 Å². The zero-order chi connectivity index (χ0) is 17.8. The van der Waals surface area contributed by atoms with Gasteiger partial charge in [-0.05, 0) is 26.7 Å². The van der Waals surface area contributed by atoms with Gasteiger partial charge in [0.25, 0.3) is 0 Å². The molecular formula is C16H25F2NaO4. The van der Waals surface area contributed by atoms with Crippen molar-refractivity contribution in [1.82, 2.24) is 0 Å². The van der Waals surface area contributed by atoms with Gasteiger partial charge in [-0.25, -0.2) is 13.6 Å². The standard InChI is InChI=1S/C8H14F2O2.C8H12O2.Na/c1-3-4-6(7(11)12)5-8(2,9)10;1-3-5-7(6-4-2)8(9)10;/h6H,3-5H2,1-2H3,(H,11,12);3,5-6H,4H2,1-2H3,(H,9,10);/q;;+1/p-1/b;5-3-,7-6+;. The maximum Gasteiger partial charge on any atom is 1.00 e. The largest absolute Gasteiger partial charge is 1.00 e. The molecule has 0 radical (unpaired) electrons. The Kier molecular flexibility index (Phi) is 17.5. The molecule has 0 saturated heterocycles. The summed E-state index contributed by atoms with van der Waals surface area (Å²) in [5, 5.41) is 18.8. The number of carboxylic acid groups (broad SMARTS) is 2. The summed E-state index contributed by atoms with van der Waals surface area (Å²) in [5.74, 6) is -6.17. The number of carbonyl (C=O) groups is 2. The number of allylic oxidation sites excluding steroid dienone is 2. The SMILES string of the molecule is C/C=C\C(=C/CC)C(=O)O.CCCC(CC(C)(F)F)C(=O)[O-].[Na+]. The van der Waals surface area contributed by atoms with Gasteiger partial charge in [-0.3, -0.25) is 0 Å². The molecule has 1 unspecified atom stereocenters. The van der Waals surface area contributed by atoms with Gasteiger partial charge in [0.15, 0.2) is 0 Å². The minimum atomic E-state index is -2.92. The summed E-state index contributed by atoms with van der Waals surface area (Å²) in [6.07, 6.45) is 5.96. The van der Waals surface area contributed by atoms with Crippen molar-refractivity contribution in [3.63, 3.8) is 0 Å². The number of alkyl halides is 2. The van der Waals surface area contributed by atoms with Crippen molar-refractivity contribution in [2.45, 2.75) is 59.3 Å². The fourth-order valence-corrected chi connectivity index (χ4v) is 1.71. The maximum absolute atomic E-state index is 12.4. The van der Waals surface area contributed by atoms with Crippen molar-refractivity contribution in [2.75, 3.05) is 0 Å². The molecule has 0 amide bonds. The molecule has 0 aromatic rings. The van der Waals surface area contributed by atoms with E-state index < -0.39 is 30.2 Å². The van der Waals surface area contributed by atoms with Crippen LogP contribution in [0.3, 0.4) is 0 Å². The Labute approximate surface area is 158 Å². The number of carboxylic acids is 2. The summed E-state index contributed by atoms with van der Waals surface area (Å²) in [5.41, 5.74) is 0.366. The van der Waals surface area contributed by atoms with Gasteiger partial charge in [0, 0.05) is 18.3 Å². The summed E-state index contributed by atoms with van der Waals surface area (Å²) < 4.78 is 24.7. The van der Waals surface area contributed by atoms with Crippen LogP contribution in [-0.2, 0) is 9.59 Å². The third-order valence-corrected chi connectivity index (χ3v) is 2.59. The normalized spacial score (nSPS) is 12.9. The third kappa shape index (κ3) is 17.5. The van der Waals surface area contributed by atoms with E-state index in [1.807, 2.05) is 6.92 Å². The predicted octanol–water partition coefficient (Wildman–Crippen LogP) is 0.185. The van der Waals surface area contributed by atoms with Crippen LogP contribution in [0, 0.1) is 5.92 Å². The molecule has 0 fully saturated rings.